The van der Waals surface area contributed by atoms with Crippen LogP contribution in [0.15, 0.2) is 0 Å². The van der Waals surface area contributed by atoms with E-state index in [1.807, 2.05) is 6.92 Å². The van der Waals surface area contributed by atoms with E-state index >= 15 is 0 Å². The Kier molecular flexibility index (Phi) is 2.81. The number of thiocarbonyl (C=S) groups is 1. The van der Waals surface area contributed by atoms with Crippen molar-refractivity contribution in [2.45, 2.75) is 25.5 Å². The number of likely N-dealkylation sites (tertiary alicyclic amines) is 1. The maximum Gasteiger partial charge on any atom is 0.0899 e. The lowest BCUT2D eigenvalue weighted by Gasteiger charge is -2.22. The van der Waals surface area contributed by atoms with Crippen LogP contribution >= 0.6 is 12.2 Å². The number of aliphatic hydroxyl groups is 1. The Labute approximate surface area is 72.2 Å². The standard InChI is InChI=1S/C7H14N2OS/c1-5(7(8)11)9-3-2-6(10)4-9/h5-6,10H,2-4H2,1H3,(H2,8,11). The van der Waals surface area contributed by atoms with Crippen molar-refractivity contribution in [2.75, 3.05) is 13.1 Å². The average molecular weight is 174 g/mol. The minimum Gasteiger partial charge on any atom is -0.392 e. The van der Waals surface area contributed by atoms with Gasteiger partial charge in [-0.25, -0.2) is 0 Å². The molecule has 11 heavy (non-hydrogen) atoms. The molecule has 0 aromatic rings. The molecular weight excluding hydrogens is 160 g/mol. The van der Waals surface area contributed by atoms with Gasteiger partial charge in [-0.05, 0) is 13.3 Å². The van der Waals surface area contributed by atoms with Crippen LogP contribution in [0, 0.1) is 0 Å². The van der Waals surface area contributed by atoms with Crippen molar-refractivity contribution in [1.82, 2.24) is 4.90 Å². The number of nitrogens with two attached hydrogens (primary N) is 1. The van der Waals surface area contributed by atoms with Gasteiger partial charge in [-0.15, -0.1) is 0 Å². The maximum absolute atomic E-state index is 9.20. The summed E-state index contributed by atoms with van der Waals surface area (Å²) in [5.41, 5.74) is 5.47. The van der Waals surface area contributed by atoms with Crippen molar-refractivity contribution in [3.05, 3.63) is 0 Å². The predicted molar refractivity (Wildman–Crippen MR) is 48.4 cm³/mol. The van der Waals surface area contributed by atoms with Gasteiger partial charge in [0.2, 0.25) is 0 Å². The molecule has 1 saturated heterocycles. The minimum absolute atomic E-state index is 0.127. The van der Waals surface area contributed by atoms with E-state index in [-0.39, 0.29) is 12.1 Å². The van der Waals surface area contributed by atoms with Crippen LogP contribution in [0.5, 0.6) is 0 Å². The first kappa shape index (κ1) is 8.90. The quantitative estimate of drug-likeness (QED) is 0.566. The van der Waals surface area contributed by atoms with Gasteiger partial charge >= 0.3 is 0 Å². The van der Waals surface area contributed by atoms with Gasteiger partial charge in [-0.1, -0.05) is 12.2 Å². The van der Waals surface area contributed by atoms with Crippen LogP contribution in [0.2, 0.25) is 0 Å². The summed E-state index contributed by atoms with van der Waals surface area (Å²) in [6.45, 7) is 3.58. The molecule has 64 valence electrons. The van der Waals surface area contributed by atoms with Crippen molar-refractivity contribution < 1.29 is 5.11 Å². The molecule has 2 atom stereocenters. The van der Waals surface area contributed by atoms with Crippen molar-refractivity contribution in [2.24, 2.45) is 5.73 Å². The van der Waals surface area contributed by atoms with Crippen LogP contribution in [0.4, 0.5) is 0 Å². The van der Waals surface area contributed by atoms with Gasteiger partial charge in [0.15, 0.2) is 0 Å². The first-order valence-electron chi connectivity index (χ1n) is 3.82. The molecular formula is C7H14N2OS. The summed E-state index contributed by atoms with van der Waals surface area (Å²) in [5.74, 6) is 0. The summed E-state index contributed by atoms with van der Waals surface area (Å²) in [6, 6.07) is 0.127. The summed E-state index contributed by atoms with van der Waals surface area (Å²) in [5, 5.41) is 9.20. The van der Waals surface area contributed by atoms with E-state index in [0.717, 1.165) is 13.0 Å². The largest absolute Gasteiger partial charge is 0.392 e. The second-order valence-electron chi connectivity index (χ2n) is 3.02. The summed E-state index contributed by atoms with van der Waals surface area (Å²) in [4.78, 5) is 2.62. The van der Waals surface area contributed by atoms with Gasteiger partial charge in [-0.2, -0.15) is 0 Å². The second kappa shape index (κ2) is 3.47. The fourth-order valence-corrected chi connectivity index (χ4v) is 1.45. The highest BCUT2D eigenvalue weighted by Crippen LogP contribution is 2.12. The molecule has 3 nitrogen and oxygen atoms in total. The molecule has 1 rings (SSSR count). The van der Waals surface area contributed by atoms with Crippen molar-refractivity contribution in [1.29, 1.82) is 0 Å². The molecule has 1 fully saturated rings. The molecule has 1 aliphatic heterocycles. The van der Waals surface area contributed by atoms with Gasteiger partial charge in [0.05, 0.1) is 17.1 Å². The van der Waals surface area contributed by atoms with E-state index in [4.69, 9.17) is 18.0 Å². The highest BCUT2D eigenvalue weighted by molar-refractivity contribution is 7.80. The zero-order chi connectivity index (χ0) is 8.43. The summed E-state index contributed by atoms with van der Waals surface area (Å²) in [7, 11) is 0. The van der Waals surface area contributed by atoms with Crippen LogP contribution in [0.1, 0.15) is 13.3 Å². The second-order valence-corrected chi connectivity index (χ2v) is 3.49. The lowest BCUT2D eigenvalue weighted by atomic mass is 10.3. The predicted octanol–water partition coefficient (Wildman–Crippen LogP) is -0.272. The monoisotopic (exact) mass is 174 g/mol. The lowest BCUT2D eigenvalue weighted by Crippen LogP contribution is -2.40. The maximum atomic E-state index is 9.20. The Balaban J connectivity index is 2.43. The fourth-order valence-electron chi connectivity index (χ4n) is 1.30. The number of β-amino-alcohol motifs (C(OH)–C–C–N with tert-alkyl or cyclic N) is 1. The molecule has 2 unspecified atom stereocenters. The third kappa shape index (κ3) is 2.12. The number of aliphatic hydroxyl groups excluding tert-OH is 1. The van der Waals surface area contributed by atoms with Crippen LogP contribution in [-0.4, -0.2) is 40.2 Å². The highest BCUT2D eigenvalue weighted by atomic mass is 32.1. The molecule has 0 aromatic carbocycles. The molecule has 4 heteroatoms. The van der Waals surface area contributed by atoms with Gasteiger partial charge in [0, 0.05) is 13.1 Å². The van der Waals surface area contributed by atoms with Crippen molar-refractivity contribution in [3.8, 4) is 0 Å². The van der Waals surface area contributed by atoms with E-state index < -0.39 is 0 Å². The lowest BCUT2D eigenvalue weighted by molar-refractivity contribution is 0.173. The van der Waals surface area contributed by atoms with E-state index in [2.05, 4.69) is 4.90 Å². The Morgan fingerprint density at radius 2 is 2.45 bits per heavy atom. The van der Waals surface area contributed by atoms with E-state index in [1.54, 1.807) is 0 Å². The Hall–Kier alpha value is -0.190. The molecule has 0 spiro atoms. The zero-order valence-electron chi connectivity index (χ0n) is 6.66. The van der Waals surface area contributed by atoms with Crippen molar-refractivity contribution >= 4 is 17.2 Å². The topological polar surface area (TPSA) is 49.5 Å². The number of rotatable bonds is 2. The van der Waals surface area contributed by atoms with Gasteiger partial charge in [0.1, 0.15) is 0 Å². The third-order valence-electron chi connectivity index (χ3n) is 2.15. The highest BCUT2D eigenvalue weighted by Gasteiger charge is 2.25. The number of nitrogens with zero attached hydrogens (tertiary/aromatic N) is 1. The third-order valence-corrected chi connectivity index (χ3v) is 2.50. The molecule has 1 aliphatic rings. The first-order chi connectivity index (χ1) is 5.11. The van der Waals surface area contributed by atoms with Crippen molar-refractivity contribution in [3.63, 3.8) is 0 Å². The first-order valence-corrected chi connectivity index (χ1v) is 4.23. The zero-order valence-corrected chi connectivity index (χ0v) is 7.47. The molecule has 0 aromatic heterocycles. The van der Waals surface area contributed by atoms with Crippen LogP contribution in [0.3, 0.4) is 0 Å². The molecule has 0 amide bonds. The Morgan fingerprint density at radius 3 is 2.82 bits per heavy atom. The van der Waals surface area contributed by atoms with Crippen LogP contribution < -0.4 is 5.73 Å². The van der Waals surface area contributed by atoms with Gasteiger partial charge in [-0.3, -0.25) is 4.90 Å². The van der Waals surface area contributed by atoms with Gasteiger partial charge < -0.3 is 10.8 Å². The van der Waals surface area contributed by atoms with E-state index in [0.29, 0.717) is 11.5 Å². The molecule has 3 N–H and O–H groups in total. The summed E-state index contributed by atoms with van der Waals surface area (Å²) in [6.07, 6.45) is 0.652. The molecule has 0 aliphatic carbocycles. The van der Waals surface area contributed by atoms with Gasteiger partial charge in [0.25, 0.3) is 0 Å². The van der Waals surface area contributed by atoms with Crippen LogP contribution in [-0.2, 0) is 0 Å². The molecule has 0 radical (unpaired) electrons. The molecule has 0 bridgehead atoms. The number of hydrogen-bond acceptors (Lipinski definition) is 3. The molecule has 0 saturated carbocycles. The fraction of sp³-hybridized carbons (Fsp3) is 0.857. The normalized spacial score (nSPS) is 28.7. The van der Waals surface area contributed by atoms with E-state index in [9.17, 15) is 5.11 Å². The van der Waals surface area contributed by atoms with E-state index in [1.165, 1.54) is 0 Å². The molecule has 1 heterocycles. The van der Waals surface area contributed by atoms with Crippen LogP contribution in [0.25, 0.3) is 0 Å². The smallest absolute Gasteiger partial charge is 0.0899 e. The minimum atomic E-state index is -0.188. The summed E-state index contributed by atoms with van der Waals surface area (Å²) < 4.78 is 0. The number of hydrogen-bond donors (Lipinski definition) is 2. The SMILES string of the molecule is CC(C(N)=S)N1CCC(O)C1. The Morgan fingerprint density at radius 1 is 1.82 bits per heavy atom. The Bertz CT molecular complexity index is 163. The summed E-state index contributed by atoms with van der Waals surface area (Å²) >= 11 is 4.85. The average Bonchev–Trinajstić information content (AvgIpc) is 2.34.